The Bertz CT molecular complexity index is 124. The zero-order valence-corrected chi connectivity index (χ0v) is 7.81. The van der Waals surface area contributed by atoms with Crippen LogP contribution in [0.5, 0.6) is 0 Å². The normalized spacial score (nSPS) is 20.5. The summed E-state index contributed by atoms with van der Waals surface area (Å²) in [5, 5.41) is 12.9. The van der Waals surface area contributed by atoms with Crippen molar-refractivity contribution in [2.75, 3.05) is 26.3 Å². The molecule has 0 radical (unpaired) electrons. The van der Waals surface area contributed by atoms with Crippen molar-refractivity contribution in [3.8, 4) is 0 Å². The lowest BCUT2D eigenvalue weighted by Gasteiger charge is -2.36. The first-order valence-corrected chi connectivity index (χ1v) is 4.78. The Hall–Kier alpha value is -0.120. The predicted octanol–water partition coefficient (Wildman–Crippen LogP) is 0.527. The number of hydrogen-bond acceptors (Lipinski definition) is 3. The number of ether oxygens (including phenoxy) is 1. The quantitative estimate of drug-likeness (QED) is 0.576. The maximum Gasteiger partial charge on any atom is 0.0771 e. The monoisotopic (exact) mass is 173 g/mol. The van der Waals surface area contributed by atoms with Crippen molar-refractivity contribution >= 4 is 0 Å². The van der Waals surface area contributed by atoms with Crippen LogP contribution in [0.15, 0.2) is 0 Å². The van der Waals surface area contributed by atoms with Gasteiger partial charge in [0, 0.05) is 19.7 Å². The molecule has 1 rings (SSSR count). The molecular weight excluding hydrogens is 154 g/mol. The summed E-state index contributed by atoms with van der Waals surface area (Å²) >= 11 is 0. The molecular formula is C9H19NO2. The fourth-order valence-corrected chi connectivity index (χ4v) is 1.37. The van der Waals surface area contributed by atoms with Crippen LogP contribution in [-0.4, -0.2) is 37.0 Å². The van der Waals surface area contributed by atoms with Crippen LogP contribution in [0.1, 0.15) is 26.2 Å². The Kier molecular flexibility index (Phi) is 3.98. The molecule has 12 heavy (non-hydrogen) atoms. The second-order valence-electron chi connectivity index (χ2n) is 3.45. The van der Waals surface area contributed by atoms with Gasteiger partial charge in [0.25, 0.3) is 0 Å². The first kappa shape index (κ1) is 9.96. The topological polar surface area (TPSA) is 41.5 Å². The molecule has 1 aliphatic rings. The van der Waals surface area contributed by atoms with E-state index < -0.39 is 5.60 Å². The van der Waals surface area contributed by atoms with Gasteiger partial charge in [-0.25, -0.2) is 0 Å². The van der Waals surface area contributed by atoms with Gasteiger partial charge in [-0.2, -0.15) is 0 Å². The van der Waals surface area contributed by atoms with Crippen molar-refractivity contribution in [3.63, 3.8) is 0 Å². The summed E-state index contributed by atoms with van der Waals surface area (Å²) in [7, 11) is 0. The SMILES string of the molecule is CCOCCNCC1(O)CCC1. The van der Waals surface area contributed by atoms with Crippen LogP contribution in [0.4, 0.5) is 0 Å². The molecule has 0 aromatic carbocycles. The molecule has 0 aliphatic heterocycles. The summed E-state index contributed by atoms with van der Waals surface area (Å²) in [6.07, 6.45) is 3.08. The van der Waals surface area contributed by atoms with E-state index in [-0.39, 0.29) is 0 Å². The second-order valence-corrected chi connectivity index (χ2v) is 3.45. The number of aliphatic hydroxyl groups is 1. The number of rotatable bonds is 6. The first-order valence-electron chi connectivity index (χ1n) is 4.78. The molecule has 1 fully saturated rings. The van der Waals surface area contributed by atoms with Gasteiger partial charge in [0.2, 0.25) is 0 Å². The highest BCUT2D eigenvalue weighted by Gasteiger charge is 2.33. The van der Waals surface area contributed by atoms with Crippen LogP contribution in [-0.2, 0) is 4.74 Å². The van der Waals surface area contributed by atoms with Gasteiger partial charge >= 0.3 is 0 Å². The molecule has 0 spiro atoms. The van der Waals surface area contributed by atoms with Crippen molar-refractivity contribution in [3.05, 3.63) is 0 Å². The summed E-state index contributed by atoms with van der Waals surface area (Å²) in [6.45, 7) is 5.06. The molecule has 3 heteroatoms. The van der Waals surface area contributed by atoms with E-state index in [1.54, 1.807) is 0 Å². The molecule has 0 heterocycles. The first-order chi connectivity index (χ1) is 5.77. The highest BCUT2D eigenvalue weighted by Crippen LogP contribution is 2.30. The van der Waals surface area contributed by atoms with Crippen molar-refractivity contribution in [2.45, 2.75) is 31.8 Å². The minimum Gasteiger partial charge on any atom is -0.389 e. The minimum absolute atomic E-state index is 0.397. The van der Waals surface area contributed by atoms with E-state index in [1.807, 2.05) is 6.92 Å². The second kappa shape index (κ2) is 4.80. The van der Waals surface area contributed by atoms with Gasteiger partial charge in [-0.05, 0) is 26.2 Å². The van der Waals surface area contributed by atoms with Gasteiger partial charge in [0.15, 0.2) is 0 Å². The van der Waals surface area contributed by atoms with Crippen molar-refractivity contribution in [1.82, 2.24) is 5.32 Å². The van der Waals surface area contributed by atoms with Crippen LogP contribution in [0.25, 0.3) is 0 Å². The lowest BCUT2D eigenvalue weighted by Crippen LogP contribution is -2.46. The van der Waals surface area contributed by atoms with Gasteiger partial charge < -0.3 is 15.2 Å². The third-order valence-electron chi connectivity index (χ3n) is 2.37. The fourth-order valence-electron chi connectivity index (χ4n) is 1.37. The molecule has 0 bridgehead atoms. The highest BCUT2D eigenvalue weighted by molar-refractivity contribution is 4.89. The molecule has 2 N–H and O–H groups in total. The molecule has 72 valence electrons. The van der Waals surface area contributed by atoms with Gasteiger partial charge in [0.1, 0.15) is 0 Å². The summed E-state index contributed by atoms with van der Waals surface area (Å²) in [4.78, 5) is 0. The third kappa shape index (κ3) is 3.09. The molecule has 1 saturated carbocycles. The largest absolute Gasteiger partial charge is 0.389 e. The van der Waals surface area contributed by atoms with E-state index in [0.29, 0.717) is 0 Å². The molecule has 3 nitrogen and oxygen atoms in total. The van der Waals surface area contributed by atoms with Crippen LogP contribution in [0.3, 0.4) is 0 Å². The summed E-state index contributed by atoms with van der Waals surface area (Å²) in [6, 6.07) is 0. The van der Waals surface area contributed by atoms with Crippen molar-refractivity contribution < 1.29 is 9.84 Å². The summed E-state index contributed by atoms with van der Waals surface area (Å²) in [5.74, 6) is 0. The molecule has 0 amide bonds. The molecule has 0 atom stereocenters. The Morgan fingerprint density at radius 3 is 2.75 bits per heavy atom. The third-order valence-corrected chi connectivity index (χ3v) is 2.37. The molecule has 0 aromatic rings. The van der Waals surface area contributed by atoms with E-state index in [4.69, 9.17) is 4.74 Å². The Labute approximate surface area is 74.1 Å². The minimum atomic E-state index is -0.397. The lowest BCUT2D eigenvalue weighted by molar-refractivity contribution is -0.0321. The number of hydrogen-bond donors (Lipinski definition) is 2. The zero-order chi connectivity index (χ0) is 8.86. The number of nitrogens with one attached hydrogen (secondary N) is 1. The van der Waals surface area contributed by atoms with Gasteiger partial charge in [-0.15, -0.1) is 0 Å². The van der Waals surface area contributed by atoms with E-state index in [1.165, 1.54) is 6.42 Å². The average Bonchev–Trinajstić information content (AvgIpc) is 2.01. The fraction of sp³-hybridized carbons (Fsp3) is 1.00. The van der Waals surface area contributed by atoms with Gasteiger partial charge in [-0.1, -0.05) is 0 Å². The predicted molar refractivity (Wildman–Crippen MR) is 48.2 cm³/mol. The Morgan fingerprint density at radius 1 is 1.50 bits per heavy atom. The van der Waals surface area contributed by atoms with E-state index >= 15 is 0 Å². The van der Waals surface area contributed by atoms with Crippen molar-refractivity contribution in [2.24, 2.45) is 0 Å². The average molecular weight is 173 g/mol. The standard InChI is InChI=1S/C9H19NO2/c1-2-12-7-6-10-8-9(11)4-3-5-9/h10-11H,2-8H2,1H3. The van der Waals surface area contributed by atoms with Crippen molar-refractivity contribution in [1.29, 1.82) is 0 Å². The smallest absolute Gasteiger partial charge is 0.0771 e. The maximum atomic E-state index is 9.66. The highest BCUT2D eigenvalue weighted by atomic mass is 16.5. The van der Waals surface area contributed by atoms with Gasteiger partial charge in [-0.3, -0.25) is 0 Å². The van der Waals surface area contributed by atoms with E-state index in [2.05, 4.69) is 5.32 Å². The Morgan fingerprint density at radius 2 is 2.25 bits per heavy atom. The summed E-state index contributed by atoms with van der Waals surface area (Å²) < 4.78 is 5.16. The Balaban J connectivity index is 1.88. The van der Waals surface area contributed by atoms with E-state index in [9.17, 15) is 5.11 Å². The molecule has 0 unspecified atom stereocenters. The van der Waals surface area contributed by atoms with Crippen LogP contribution < -0.4 is 5.32 Å². The lowest BCUT2D eigenvalue weighted by atomic mass is 9.80. The zero-order valence-electron chi connectivity index (χ0n) is 7.81. The molecule has 0 saturated heterocycles. The summed E-state index contributed by atoms with van der Waals surface area (Å²) in [5.41, 5.74) is -0.397. The molecule has 0 aromatic heterocycles. The van der Waals surface area contributed by atoms with Crippen LogP contribution in [0, 0.1) is 0 Å². The van der Waals surface area contributed by atoms with Gasteiger partial charge in [0.05, 0.1) is 12.2 Å². The van der Waals surface area contributed by atoms with Crippen LogP contribution >= 0.6 is 0 Å². The van der Waals surface area contributed by atoms with E-state index in [0.717, 1.165) is 39.1 Å². The molecule has 1 aliphatic carbocycles. The van der Waals surface area contributed by atoms with Crippen LogP contribution in [0.2, 0.25) is 0 Å². The maximum absolute atomic E-state index is 9.66.